The van der Waals surface area contributed by atoms with E-state index in [0.717, 1.165) is 22.5 Å². The highest BCUT2D eigenvalue weighted by Crippen LogP contribution is 2.44. The lowest BCUT2D eigenvalue weighted by Gasteiger charge is -2.45. The van der Waals surface area contributed by atoms with Crippen molar-refractivity contribution in [3.63, 3.8) is 0 Å². The number of carbonyl (C=O) groups excluding carboxylic acids is 2. The lowest BCUT2D eigenvalue weighted by molar-refractivity contribution is -0.196. The normalized spacial score (nSPS) is 18.4. The van der Waals surface area contributed by atoms with Gasteiger partial charge in [-0.05, 0) is 113 Å². The number of hydrogen-bond donors (Lipinski definition) is 2. The number of aliphatic hydroxyl groups excluding tert-OH is 2. The second-order valence-corrected chi connectivity index (χ2v) is 54.2. The van der Waals surface area contributed by atoms with Gasteiger partial charge in [0, 0.05) is 48.9 Å². The predicted molar refractivity (Wildman–Crippen MR) is 458 cm³/mol. The zero-order chi connectivity index (χ0) is 87.3. The van der Waals surface area contributed by atoms with Gasteiger partial charge in [0.2, 0.25) is 0 Å². The quantitative estimate of drug-likeness (QED) is 0.00937. The van der Waals surface area contributed by atoms with Gasteiger partial charge < -0.3 is 75.9 Å². The third-order valence-corrected chi connectivity index (χ3v) is 33.3. The van der Waals surface area contributed by atoms with Gasteiger partial charge in [0.15, 0.2) is 31.3 Å². The number of esters is 2. The summed E-state index contributed by atoms with van der Waals surface area (Å²) < 4.78 is 171. The molecule has 28 heteroatoms. The van der Waals surface area contributed by atoms with Crippen molar-refractivity contribution in [1.29, 1.82) is 0 Å². The van der Waals surface area contributed by atoms with Crippen molar-refractivity contribution in [2.75, 3.05) is 55.2 Å². The smallest absolute Gasteiger partial charge is 0.414 e. The number of rotatable bonds is 36. The van der Waals surface area contributed by atoms with Crippen LogP contribution in [0.1, 0.15) is 127 Å². The standard InChI is InChI=1S/C45H61F3O9Si2.C45H59F3O9Si2/c2*1-43(2,3)59(34-20-13-11-14-21-34,35-22-15-12-16-23-35)57-39(45(46,47)48)26-18-24-36(49)41-37(55-44(4,5)56-41)25-17-19-32-29-33(52-7)30-38(54-31-51-6)40(32)42(50)53-27-28-58(8,9)10/h11-24,29-30,36-37,39,41,49H,25-28,31H2,1-10H3;11-17,19-23,29-30,36-37,39,41,49H,25-28,31H2,1-10H3/b19-17+,24-18-;19-17+/t36?,37-,39?,41+;36?,37-,39+,41+/m00/s1. The van der Waals surface area contributed by atoms with Crippen LogP contribution in [0.4, 0.5) is 26.3 Å². The van der Waals surface area contributed by atoms with Gasteiger partial charge in [-0.2, -0.15) is 26.3 Å². The third kappa shape index (κ3) is 27.1. The molecule has 18 nitrogen and oxygen atoms in total. The summed E-state index contributed by atoms with van der Waals surface area (Å²) in [5.74, 6) is 3.14. The van der Waals surface area contributed by atoms with Crippen LogP contribution >= 0.6 is 0 Å². The first-order valence-corrected chi connectivity index (χ1v) is 50.7. The largest absolute Gasteiger partial charge is 0.497 e. The second kappa shape index (κ2) is 42.2. The van der Waals surface area contributed by atoms with Crippen LogP contribution in [-0.4, -0.2) is 183 Å². The van der Waals surface area contributed by atoms with Crippen molar-refractivity contribution in [3.8, 4) is 34.8 Å². The summed E-state index contributed by atoms with van der Waals surface area (Å²) >= 11 is 0. The molecule has 2 N–H and O–H groups in total. The third-order valence-electron chi connectivity index (χ3n) is 19.8. The number of hydrogen-bond acceptors (Lipinski definition) is 18. The van der Waals surface area contributed by atoms with Crippen molar-refractivity contribution in [2.45, 2.75) is 229 Å². The Labute approximate surface area is 697 Å². The zero-order valence-corrected chi connectivity index (χ0v) is 75.7. The number of halogens is 6. The van der Waals surface area contributed by atoms with Crippen molar-refractivity contribution < 1.29 is 112 Å². The first-order chi connectivity index (χ1) is 55.2. The molecule has 6 aromatic rings. The van der Waals surface area contributed by atoms with Crippen molar-refractivity contribution in [1.82, 2.24) is 0 Å². The van der Waals surface area contributed by atoms with Crippen LogP contribution in [0.3, 0.4) is 0 Å². The van der Waals surface area contributed by atoms with E-state index in [1.54, 1.807) is 101 Å². The SMILES string of the molecule is COCOc1cc(OC)cc(/C=C/C[C@@H]2OC(C)(C)O[C@@H]2C(O)/C=C\CC(O[Si](c2ccccc2)(c2ccccc2)C(C)(C)C)C(F)(F)F)c1C(=O)OCC[Si](C)(C)C.COCOc1cc(OC)cc(/C=C/C[C@@H]2OC(C)(C)O[C@@H]2C(O)C#CC[C@@H](O[Si](c2ccccc2)(c2ccccc2)C(C)(C)C)C(F)(F)F)c1C(=O)OCC[Si](C)(C)C. The first-order valence-electron chi connectivity index (χ1n) is 39.5. The molecule has 2 aliphatic rings. The monoisotopic (exact) mass is 1710 g/mol. The molecule has 0 spiro atoms. The summed E-state index contributed by atoms with van der Waals surface area (Å²) in [6.07, 6.45) is -11.4. The van der Waals surface area contributed by atoms with Gasteiger partial charge in [0.05, 0.1) is 39.6 Å². The summed E-state index contributed by atoms with van der Waals surface area (Å²) in [6.45, 7) is 31.6. The molecular formula is C90H120F6O18Si4. The average Bonchev–Trinajstić information content (AvgIpc) is 0.873. The Morgan fingerprint density at radius 2 is 0.864 bits per heavy atom. The Hall–Kier alpha value is -7.71. The maximum Gasteiger partial charge on any atom is 0.414 e. The van der Waals surface area contributed by atoms with Crippen LogP contribution in [-0.2, 0) is 46.7 Å². The first kappa shape index (κ1) is 97.4. The van der Waals surface area contributed by atoms with Crippen LogP contribution in [0.5, 0.6) is 23.0 Å². The molecule has 6 aromatic carbocycles. The van der Waals surface area contributed by atoms with Gasteiger partial charge in [-0.1, -0.05) is 250 Å². The minimum Gasteiger partial charge on any atom is -0.497 e. The Bertz CT molecular complexity index is 4240. The maximum atomic E-state index is 15.0. The fraction of sp³-hybridized carbons (Fsp3) is 0.489. The van der Waals surface area contributed by atoms with Crippen molar-refractivity contribution in [2.24, 2.45) is 0 Å². The highest BCUT2D eigenvalue weighted by molar-refractivity contribution is 7.00. The highest BCUT2D eigenvalue weighted by Gasteiger charge is 2.57. The van der Waals surface area contributed by atoms with E-state index in [2.05, 4.69) is 51.1 Å². The highest BCUT2D eigenvalue weighted by atomic mass is 28.4. The summed E-state index contributed by atoms with van der Waals surface area (Å²) in [7, 11) is -4.20. The molecule has 0 aliphatic carbocycles. The van der Waals surface area contributed by atoms with Crippen LogP contribution in [0.25, 0.3) is 12.2 Å². The van der Waals surface area contributed by atoms with E-state index in [1.807, 2.05) is 139 Å². The predicted octanol–water partition coefficient (Wildman–Crippen LogP) is 17.3. The Morgan fingerprint density at radius 1 is 0.508 bits per heavy atom. The van der Waals surface area contributed by atoms with Gasteiger partial charge in [0.25, 0.3) is 16.6 Å². The van der Waals surface area contributed by atoms with Crippen LogP contribution < -0.4 is 39.7 Å². The molecule has 0 saturated carbocycles. The number of carbonyl (C=O) groups is 2. The van der Waals surface area contributed by atoms with E-state index in [9.17, 15) is 46.1 Å². The van der Waals surface area contributed by atoms with E-state index < -0.39 is 140 Å². The topological polar surface area (TPSA) is 204 Å². The summed E-state index contributed by atoms with van der Waals surface area (Å²) in [4.78, 5) is 27.0. The molecule has 0 bridgehead atoms. The molecule has 0 amide bonds. The molecule has 2 saturated heterocycles. The maximum absolute atomic E-state index is 15.0. The average molecular weight is 1720 g/mol. The van der Waals surface area contributed by atoms with E-state index >= 15 is 0 Å². The molecule has 646 valence electrons. The van der Waals surface area contributed by atoms with Gasteiger partial charge in [-0.25, -0.2) is 9.59 Å². The number of alkyl halides is 6. The molecule has 3 unspecified atom stereocenters. The lowest BCUT2D eigenvalue weighted by Crippen LogP contribution is -2.68. The summed E-state index contributed by atoms with van der Waals surface area (Å²) in [5, 5.41) is 24.2. The molecule has 0 aromatic heterocycles. The minimum absolute atomic E-state index is 0.115. The van der Waals surface area contributed by atoms with E-state index in [1.165, 1.54) is 40.6 Å². The Morgan fingerprint density at radius 3 is 1.20 bits per heavy atom. The molecule has 8 atom stereocenters. The lowest BCUT2D eigenvalue weighted by atomic mass is 10.0. The Balaban J connectivity index is 0.000000326. The molecule has 2 heterocycles. The van der Waals surface area contributed by atoms with Crippen molar-refractivity contribution >= 4 is 77.6 Å². The van der Waals surface area contributed by atoms with Crippen LogP contribution in [0.15, 0.2) is 170 Å². The van der Waals surface area contributed by atoms with E-state index in [4.69, 9.17) is 65.7 Å². The van der Waals surface area contributed by atoms with Crippen LogP contribution in [0, 0.1) is 11.8 Å². The molecule has 2 fully saturated rings. The van der Waals surface area contributed by atoms with Gasteiger partial charge >= 0.3 is 24.3 Å². The zero-order valence-electron chi connectivity index (χ0n) is 71.7. The number of methoxy groups -OCH3 is 4. The molecule has 118 heavy (non-hydrogen) atoms. The number of aliphatic hydroxyl groups is 2. The molecular weight excluding hydrogens is 1600 g/mol. The molecule has 8 rings (SSSR count). The molecule has 2 aliphatic heterocycles. The summed E-state index contributed by atoms with van der Waals surface area (Å²) in [5.41, 5.74) is 1.28. The number of ether oxygens (including phenoxy) is 12. The Kier molecular flexibility index (Phi) is 34.8. The number of benzene rings is 6. The fourth-order valence-electron chi connectivity index (χ4n) is 14.1. The van der Waals surface area contributed by atoms with Crippen molar-refractivity contribution in [3.05, 3.63) is 192 Å². The summed E-state index contributed by atoms with van der Waals surface area (Å²) in [6, 6.07) is 44.6. The van der Waals surface area contributed by atoms with E-state index in [-0.39, 0.29) is 62.3 Å². The van der Waals surface area contributed by atoms with E-state index in [0.29, 0.717) is 33.0 Å². The molecule has 0 radical (unpaired) electrons. The van der Waals surface area contributed by atoms with Gasteiger partial charge in [-0.3, -0.25) is 0 Å². The van der Waals surface area contributed by atoms with Crippen LogP contribution in [0.2, 0.25) is 61.4 Å². The fourth-order valence-corrected chi connectivity index (χ4v) is 24.8. The second-order valence-electron chi connectivity index (χ2n) is 34.5. The van der Waals surface area contributed by atoms with Gasteiger partial charge in [0.1, 0.15) is 64.6 Å². The van der Waals surface area contributed by atoms with Gasteiger partial charge in [-0.15, -0.1) is 0 Å². The minimum atomic E-state index is -4.76.